The number of aryl methyl sites for hydroxylation is 1. The van der Waals surface area contributed by atoms with E-state index in [1.54, 1.807) is 26.0 Å². The molecule has 34 heavy (non-hydrogen) atoms. The Balaban J connectivity index is 1.45. The number of fused-ring (bicyclic) bond motifs is 1. The van der Waals surface area contributed by atoms with Crippen LogP contribution in [0.15, 0.2) is 23.1 Å². The molecule has 10 heteroatoms. The molecule has 4 rings (SSSR count). The van der Waals surface area contributed by atoms with E-state index in [4.69, 9.17) is 9.47 Å². The second-order valence-electron chi connectivity index (χ2n) is 8.82. The largest absolute Gasteiger partial charge is 0.490 e. The zero-order chi connectivity index (χ0) is 24.6. The van der Waals surface area contributed by atoms with Crippen molar-refractivity contribution in [3.8, 4) is 11.5 Å². The van der Waals surface area contributed by atoms with Gasteiger partial charge in [0.2, 0.25) is 10.0 Å². The summed E-state index contributed by atoms with van der Waals surface area (Å²) in [7, 11) is -3.70. The summed E-state index contributed by atoms with van der Waals surface area (Å²) in [5.41, 5.74) is 2.35. The number of rotatable bonds is 6. The summed E-state index contributed by atoms with van der Waals surface area (Å²) in [5, 5.41) is 0. The number of H-pyrrole nitrogens is 1. The monoisotopic (exact) mass is 489 g/mol. The number of Topliss-reactive ketones (excluding diaryl/α,β-unsaturated/α-hetero) is 2. The zero-order valence-corrected chi connectivity index (χ0v) is 20.8. The molecule has 0 saturated carbocycles. The fourth-order valence-electron chi connectivity index (χ4n) is 4.68. The Kier molecular flexibility index (Phi) is 6.84. The number of hydrogen-bond donors (Lipinski definition) is 1. The molecule has 2 aliphatic heterocycles. The Hall–Kier alpha value is -2.69. The van der Waals surface area contributed by atoms with E-state index >= 15 is 0 Å². The van der Waals surface area contributed by atoms with E-state index in [2.05, 4.69) is 4.98 Å². The number of piperazine rings is 1. The van der Waals surface area contributed by atoms with E-state index in [0.717, 1.165) is 6.42 Å². The van der Waals surface area contributed by atoms with Crippen molar-refractivity contribution in [3.63, 3.8) is 0 Å². The predicted octanol–water partition coefficient (Wildman–Crippen LogP) is 2.57. The highest BCUT2D eigenvalue weighted by atomic mass is 32.2. The van der Waals surface area contributed by atoms with Gasteiger partial charge in [0, 0.05) is 49.9 Å². The van der Waals surface area contributed by atoms with Gasteiger partial charge in [0.1, 0.15) is 0 Å². The highest BCUT2D eigenvalue weighted by Gasteiger charge is 2.34. The number of carbonyl (C=O) groups is 2. The molecule has 1 saturated heterocycles. The number of sulfonamides is 1. The van der Waals surface area contributed by atoms with Crippen molar-refractivity contribution in [2.75, 3.05) is 39.4 Å². The number of hydrogen-bond acceptors (Lipinski definition) is 7. The first-order valence-electron chi connectivity index (χ1n) is 11.5. The van der Waals surface area contributed by atoms with Gasteiger partial charge in [-0.1, -0.05) is 0 Å². The zero-order valence-electron chi connectivity index (χ0n) is 20.0. The summed E-state index contributed by atoms with van der Waals surface area (Å²) >= 11 is 0. The van der Waals surface area contributed by atoms with Crippen LogP contribution in [-0.4, -0.2) is 79.6 Å². The molecule has 1 aromatic carbocycles. The molecule has 0 radical (unpaired) electrons. The van der Waals surface area contributed by atoms with Crippen molar-refractivity contribution >= 4 is 21.6 Å². The van der Waals surface area contributed by atoms with Gasteiger partial charge >= 0.3 is 0 Å². The van der Waals surface area contributed by atoms with Gasteiger partial charge < -0.3 is 14.5 Å². The van der Waals surface area contributed by atoms with Crippen LogP contribution >= 0.6 is 0 Å². The molecule has 0 bridgehead atoms. The van der Waals surface area contributed by atoms with Crippen LogP contribution in [0.5, 0.6) is 11.5 Å². The van der Waals surface area contributed by atoms with Crippen molar-refractivity contribution in [2.45, 2.75) is 45.1 Å². The van der Waals surface area contributed by atoms with Gasteiger partial charge in [-0.3, -0.25) is 14.5 Å². The summed E-state index contributed by atoms with van der Waals surface area (Å²) in [6, 6.07) is 4.27. The van der Waals surface area contributed by atoms with Gasteiger partial charge in [-0.25, -0.2) is 8.42 Å². The standard InChI is InChI=1S/C24H31N3O6S/c1-15-22(18(4)28)16(2)25-23(15)24(29)17(3)26-8-10-27(11-9-26)34(30,31)19-6-7-20-21(14-19)33-13-5-12-32-20/h6-7,14,17,25H,5,8-13H2,1-4H3. The van der Waals surface area contributed by atoms with Crippen LogP contribution in [0.4, 0.5) is 0 Å². The minimum atomic E-state index is -3.70. The van der Waals surface area contributed by atoms with Crippen LogP contribution in [-0.2, 0) is 10.0 Å². The molecule has 0 amide bonds. The number of benzene rings is 1. The fourth-order valence-corrected chi connectivity index (χ4v) is 6.12. The third kappa shape index (κ3) is 4.49. The molecule has 2 aromatic rings. The van der Waals surface area contributed by atoms with Crippen molar-refractivity contribution in [1.29, 1.82) is 0 Å². The Morgan fingerprint density at radius 3 is 2.29 bits per heavy atom. The summed E-state index contributed by atoms with van der Waals surface area (Å²) in [4.78, 5) is 30.3. The third-order valence-electron chi connectivity index (χ3n) is 6.59. The first kappa shape index (κ1) is 24.4. The van der Waals surface area contributed by atoms with E-state index in [1.165, 1.54) is 17.3 Å². The molecule has 2 aliphatic rings. The Labute approximate surface area is 200 Å². The quantitative estimate of drug-likeness (QED) is 0.621. The Morgan fingerprint density at radius 1 is 1.03 bits per heavy atom. The average Bonchev–Trinajstić information content (AvgIpc) is 2.97. The second-order valence-corrected chi connectivity index (χ2v) is 10.8. The van der Waals surface area contributed by atoms with Crippen LogP contribution in [0.25, 0.3) is 0 Å². The van der Waals surface area contributed by atoms with E-state index in [1.807, 2.05) is 11.8 Å². The molecule has 0 aliphatic carbocycles. The SMILES string of the molecule is CC(=O)c1c(C)[nH]c(C(=O)C(C)N2CCN(S(=O)(=O)c3ccc4c(c3)OCCCO4)CC2)c1C. The van der Waals surface area contributed by atoms with E-state index in [-0.39, 0.29) is 29.6 Å². The van der Waals surface area contributed by atoms with Crippen molar-refractivity contribution < 1.29 is 27.5 Å². The maximum absolute atomic E-state index is 13.2. The number of ether oxygens (including phenoxy) is 2. The number of ketones is 2. The Bertz CT molecular complexity index is 1210. The lowest BCUT2D eigenvalue weighted by atomic mass is 10.0. The van der Waals surface area contributed by atoms with Crippen LogP contribution in [0.3, 0.4) is 0 Å². The normalized spacial score (nSPS) is 18.4. The first-order valence-corrected chi connectivity index (χ1v) is 12.9. The maximum Gasteiger partial charge on any atom is 0.243 e. The second kappa shape index (κ2) is 9.52. The number of nitrogens with one attached hydrogen (secondary N) is 1. The summed E-state index contributed by atoms with van der Waals surface area (Å²) in [6.07, 6.45) is 0.743. The summed E-state index contributed by atoms with van der Waals surface area (Å²) < 4.78 is 39.2. The van der Waals surface area contributed by atoms with Gasteiger partial charge in [-0.15, -0.1) is 0 Å². The lowest BCUT2D eigenvalue weighted by molar-refractivity contribution is 0.0777. The molecule has 184 valence electrons. The van der Waals surface area contributed by atoms with Gasteiger partial charge in [0.25, 0.3) is 0 Å². The summed E-state index contributed by atoms with van der Waals surface area (Å²) in [6.45, 7) is 9.29. The van der Waals surface area contributed by atoms with Crippen molar-refractivity contribution in [2.24, 2.45) is 0 Å². The summed E-state index contributed by atoms with van der Waals surface area (Å²) in [5.74, 6) is 0.813. The smallest absolute Gasteiger partial charge is 0.243 e. The molecule has 0 spiro atoms. The highest BCUT2D eigenvalue weighted by molar-refractivity contribution is 7.89. The van der Waals surface area contributed by atoms with Crippen LogP contribution < -0.4 is 9.47 Å². The van der Waals surface area contributed by atoms with Crippen LogP contribution in [0, 0.1) is 13.8 Å². The lowest BCUT2D eigenvalue weighted by Gasteiger charge is -2.36. The minimum Gasteiger partial charge on any atom is -0.490 e. The number of carbonyl (C=O) groups excluding carboxylic acids is 2. The molecule has 1 aromatic heterocycles. The molecule has 1 atom stereocenters. The van der Waals surface area contributed by atoms with E-state index in [0.29, 0.717) is 60.3 Å². The van der Waals surface area contributed by atoms with Crippen LogP contribution in [0.1, 0.15) is 52.4 Å². The molecular formula is C24H31N3O6S. The maximum atomic E-state index is 13.2. The van der Waals surface area contributed by atoms with E-state index < -0.39 is 16.1 Å². The number of aromatic nitrogens is 1. The first-order chi connectivity index (χ1) is 16.1. The topological polar surface area (TPSA) is 109 Å². The van der Waals surface area contributed by atoms with Gasteiger partial charge in [0.05, 0.1) is 29.8 Å². The van der Waals surface area contributed by atoms with Gasteiger partial charge in [-0.05, 0) is 45.4 Å². The molecule has 1 N–H and O–H groups in total. The molecular weight excluding hydrogens is 458 g/mol. The highest BCUT2D eigenvalue weighted by Crippen LogP contribution is 2.33. The lowest BCUT2D eigenvalue weighted by Crippen LogP contribution is -2.53. The molecule has 1 unspecified atom stereocenters. The molecule has 1 fully saturated rings. The van der Waals surface area contributed by atoms with Crippen molar-refractivity contribution in [1.82, 2.24) is 14.2 Å². The predicted molar refractivity (Wildman–Crippen MR) is 126 cm³/mol. The van der Waals surface area contributed by atoms with Gasteiger partial charge in [0.15, 0.2) is 23.1 Å². The molecule has 9 nitrogen and oxygen atoms in total. The fraction of sp³-hybridized carbons (Fsp3) is 0.500. The Morgan fingerprint density at radius 2 is 1.68 bits per heavy atom. The average molecular weight is 490 g/mol. The van der Waals surface area contributed by atoms with Crippen LogP contribution in [0.2, 0.25) is 0 Å². The van der Waals surface area contributed by atoms with Gasteiger partial charge in [-0.2, -0.15) is 4.31 Å². The third-order valence-corrected chi connectivity index (χ3v) is 8.49. The minimum absolute atomic E-state index is 0.0773. The number of nitrogens with zero attached hydrogens (tertiary/aromatic N) is 2. The number of aromatic amines is 1. The molecule has 3 heterocycles. The van der Waals surface area contributed by atoms with Crippen molar-refractivity contribution in [3.05, 3.63) is 40.7 Å². The van der Waals surface area contributed by atoms with E-state index in [9.17, 15) is 18.0 Å².